The van der Waals surface area contributed by atoms with E-state index in [2.05, 4.69) is 33.2 Å². The van der Waals surface area contributed by atoms with Gasteiger partial charge in [0, 0.05) is 76.1 Å². The summed E-state index contributed by atoms with van der Waals surface area (Å²) in [6.45, 7) is 11.6. The summed E-state index contributed by atoms with van der Waals surface area (Å²) in [4.78, 5) is 55.0. The van der Waals surface area contributed by atoms with Crippen LogP contribution in [0.5, 0.6) is 0 Å². The predicted molar refractivity (Wildman–Crippen MR) is 172 cm³/mol. The SMILES string of the molecule is CCC1=C(C)/C(=C\c2[nH]c(Cc3[nH]c(/C=C4\NC(=O)[C@H](C)[C@H]4[C@@H](C)S)c(C)c3CCC(=O)O)c(CCC(=O)O)c2C)NC1=O. The Morgan fingerprint density at radius 1 is 0.909 bits per heavy atom. The predicted octanol–water partition coefficient (Wildman–Crippen LogP) is 4.82. The lowest BCUT2D eigenvalue weighted by atomic mass is 9.91. The Bertz CT molecular complexity index is 1610. The van der Waals surface area contributed by atoms with Gasteiger partial charge in [-0.25, -0.2) is 0 Å². The van der Waals surface area contributed by atoms with Gasteiger partial charge in [-0.05, 0) is 80.0 Å². The number of carboxylic acids is 2. The normalized spacial score (nSPS) is 21.0. The topological polar surface area (TPSA) is 164 Å². The van der Waals surface area contributed by atoms with Gasteiger partial charge in [0.1, 0.15) is 0 Å². The summed E-state index contributed by atoms with van der Waals surface area (Å²) in [5.41, 5.74) is 9.83. The minimum Gasteiger partial charge on any atom is -0.481 e. The number of allylic oxidation sites excluding steroid dienone is 2. The first-order valence-electron chi connectivity index (χ1n) is 15.0. The molecule has 6 N–H and O–H groups in total. The molecular weight excluding hydrogens is 580 g/mol. The Morgan fingerprint density at radius 2 is 1.43 bits per heavy atom. The van der Waals surface area contributed by atoms with Crippen molar-refractivity contribution in [3.63, 3.8) is 0 Å². The lowest BCUT2D eigenvalue weighted by Gasteiger charge is -2.17. The number of rotatable bonds is 12. The fourth-order valence-corrected chi connectivity index (χ4v) is 6.84. The van der Waals surface area contributed by atoms with Gasteiger partial charge in [-0.15, -0.1) is 0 Å². The summed E-state index contributed by atoms with van der Waals surface area (Å²) in [5, 5.41) is 24.8. The third-order valence-electron chi connectivity index (χ3n) is 8.96. The summed E-state index contributed by atoms with van der Waals surface area (Å²) in [7, 11) is 0. The average molecular weight is 623 g/mol. The molecule has 0 radical (unpaired) electrons. The molecule has 236 valence electrons. The number of thiol groups is 1. The summed E-state index contributed by atoms with van der Waals surface area (Å²) in [5.74, 6) is -2.29. The smallest absolute Gasteiger partial charge is 0.303 e. The van der Waals surface area contributed by atoms with Gasteiger partial charge in [-0.2, -0.15) is 12.6 Å². The van der Waals surface area contributed by atoms with E-state index in [0.29, 0.717) is 31.4 Å². The van der Waals surface area contributed by atoms with E-state index in [1.807, 2.05) is 53.7 Å². The zero-order chi connectivity index (χ0) is 32.5. The van der Waals surface area contributed by atoms with Crippen LogP contribution in [0.4, 0.5) is 0 Å². The van der Waals surface area contributed by atoms with E-state index in [4.69, 9.17) is 0 Å². The molecule has 0 spiro atoms. The van der Waals surface area contributed by atoms with Crippen molar-refractivity contribution in [3.8, 4) is 0 Å². The molecule has 2 aromatic rings. The number of hydrogen-bond acceptors (Lipinski definition) is 5. The molecule has 3 atom stereocenters. The monoisotopic (exact) mass is 622 g/mol. The Hall–Kier alpha value is -3.99. The average Bonchev–Trinajstić information content (AvgIpc) is 3.59. The fourth-order valence-electron chi connectivity index (χ4n) is 6.43. The molecule has 1 fully saturated rings. The van der Waals surface area contributed by atoms with E-state index >= 15 is 0 Å². The second-order valence-corrected chi connectivity index (χ2v) is 12.6. The van der Waals surface area contributed by atoms with Gasteiger partial charge in [0.25, 0.3) is 5.91 Å². The lowest BCUT2D eigenvalue weighted by molar-refractivity contribution is -0.138. The second kappa shape index (κ2) is 13.3. The van der Waals surface area contributed by atoms with Crippen molar-refractivity contribution < 1.29 is 29.4 Å². The molecule has 0 saturated carbocycles. The molecule has 4 rings (SSSR count). The lowest BCUT2D eigenvalue weighted by Crippen LogP contribution is -2.19. The quantitative estimate of drug-likeness (QED) is 0.168. The van der Waals surface area contributed by atoms with E-state index < -0.39 is 11.9 Å². The highest BCUT2D eigenvalue weighted by atomic mass is 32.1. The molecule has 11 heteroatoms. The third kappa shape index (κ3) is 6.72. The molecule has 2 amide bonds. The summed E-state index contributed by atoms with van der Waals surface area (Å²) in [6.07, 6.45) is 5.33. The highest BCUT2D eigenvalue weighted by molar-refractivity contribution is 7.80. The molecule has 2 aliphatic heterocycles. The van der Waals surface area contributed by atoms with E-state index in [0.717, 1.165) is 61.9 Å². The van der Waals surface area contributed by atoms with Crippen molar-refractivity contribution in [2.24, 2.45) is 11.8 Å². The Balaban J connectivity index is 1.79. The number of aliphatic carboxylic acids is 2. The van der Waals surface area contributed by atoms with E-state index in [1.54, 1.807) is 0 Å². The Morgan fingerprint density at radius 3 is 1.89 bits per heavy atom. The van der Waals surface area contributed by atoms with Crippen molar-refractivity contribution in [3.05, 3.63) is 67.6 Å². The van der Waals surface area contributed by atoms with Crippen LogP contribution in [0.1, 0.15) is 92.0 Å². The fraction of sp³-hybridized carbons (Fsp3) is 0.455. The van der Waals surface area contributed by atoms with Crippen LogP contribution >= 0.6 is 12.6 Å². The maximum Gasteiger partial charge on any atom is 0.303 e. The van der Waals surface area contributed by atoms with E-state index in [-0.39, 0.29) is 41.7 Å². The van der Waals surface area contributed by atoms with Crippen molar-refractivity contribution in [2.75, 3.05) is 0 Å². The number of nitrogens with one attached hydrogen (secondary N) is 4. The summed E-state index contributed by atoms with van der Waals surface area (Å²) in [6, 6.07) is 0. The van der Waals surface area contributed by atoms with Crippen LogP contribution in [0.2, 0.25) is 0 Å². The number of carboxylic acid groups (broad SMARTS) is 2. The first kappa shape index (κ1) is 32.9. The van der Waals surface area contributed by atoms with Crippen LogP contribution in [0, 0.1) is 25.7 Å². The van der Waals surface area contributed by atoms with Crippen molar-refractivity contribution >= 4 is 48.5 Å². The van der Waals surface area contributed by atoms with Crippen LogP contribution in [0.15, 0.2) is 22.5 Å². The molecule has 0 bridgehead atoms. The molecular formula is C33H42N4O6S. The molecule has 10 nitrogen and oxygen atoms in total. The van der Waals surface area contributed by atoms with Gasteiger partial charge in [-0.3, -0.25) is 19.2 Å². The molecule has 0 aromatic carbocycles. The first-order valence-corrected chi connectivity index (χ1v) is 15.5. The van der Waals surface area contributed by atoms with E-state index in [1.165, 1.54) is 0 Å². The molecule has 44 heavy (non-hydrogen) atoms. The summed E-state index contributed by atoms with van der Waals surface area (Å²) >= 11 is 4.63. The number of carbonyl (C=O) groups excluding carboxylic acids is 2. The molecule has 1 saturated heterocycles. The number of amides is 2. The second-order valence-electron chi connectivity index (χ2n) is 11.8. The van der Waals surface area contributed by atoms with Crippen LogP contribution in [0.25, 0.3) is 12.2 Å². The van der Waals surface area contributed by atoms with Gasteiger partial charge in [-0.1, -0.05) is 20.8 Å². The maximum atomic E-state index is 12.5. The molecule has 4 heterocycles. The zero-order valence-corrected chi connectivity index (χ0v) is 27.0. The Kier molecular flexibility index (Phi) is 9.98. The maximum absolute atomic E-state index is 12.5. The number of aromatic nitrogens is 2. The number of carbonyl (C=O) groups is 4. The number of hydrogen-bond donors (Lipinski definition) is 7. The summed E-state index contributed by atoms with van der Waals surface area (Å²) < 4.78 is 0. The van der Waals surface area contributed by atoms with Crippen LogP contribution in [-0.4, -0.2) is 49.2 Å². The molecule has 0 unspecified atom stereocenters. The van der Waals surface area contributed by atoms with Gasteiger partial charge >= 0.3 is 11.9 Å². The Labute approximate surface area is 262 Å². The molecule has 2 aromatic heterocycles. The largest absolute Gasteiger partial charge is 0.481 e. The molecule has 0 aliphatic carbocycles. The van der Waals surface area contributed by atoms with Crippen molar-refractivity contribution in [1.82, 2.24) is 20.6 Å². The zero-order valence-electron chi connectivity index (χ0n) is 26.1. The molecule has 2 aliphatic rings. The minimum absolute atomic E-state index is 0.0501. The van der Waals surface area contributed by atoms with Crippen LogP contribution in [0.3, 0.4) is 0 Å². The number of aromatic amines is 2. The van der Waals surface area contributed by atoms with Crippen molar-refractivity contribution in [2.45, 2.75) is 85.3 Å². The van der Waals surface area contributed by atoms with Gasteiger partial charge in [0.05, 0.1) is 0 Å². The van der Waals surface area contributed by atoms with Gasteiger partial charge in [0.15, 0.2) is 0 Å². The highest BCUT2D eigenvalue weighted by Gasteiger charge is 2.37. The standard InChI is InChI=1S/C33H42N4O6S/c1-7-20-15(2)25(36-33(20)43)12-23-16(3)21(8-10-29(38)39)26(34-23)14-27-22(9-11-30(40)41)17(4)24(35-27)13-28-31(19(6)44)18(5)32(42)37-28/h12-13,18-19,31,34-35,44H,7-11,14H2,1-6H3,(H,36,43)(H,37,42)(H,38,39)(H,40,41)/b25-12+,28-13-/t18-,19-,31+/m1/s1. The van der Waals surface area contributed by atoms with Gasteiger partial charge in [0.2, 0.25) is 5.91 Å². The van der Waals surface area contributed by atoms with Crippen LogP contribution < -0.4 is 10.6 Å². The van der Waals surface area contributed by atoms with Crippen molar-refractivity contribution in [1.29, 1.82) is 0 Å². The van der Waals surface area contributed by atoms with Crippen LogP contribution in [-0.2, 0) is 38.4 Å². The highest BCUT2D eigenvalue weighted by Crippen LogP contribution is 2.35. The third-order valence-corrected chi connectivity index (χ3v) is 9.29. The first-order chi connectivity index (χ1) is 20.7. The van der Waals surface area contributed by atoms with Gasteiger partial charge < -0.3 is 30.8 Å². The number of H-pyrrole nitrogens is 2. The minimum atomic E-state index is -0.905. The van der Waals surface area contributed by atoms with E-state index in [9.17, 15) is 29.4 Å².